The van der Waals surface area contributed by atoms with Crippen molar-refractivity contribution in [1.29, 1.82) is 0 Å². The summed E-state index contributed by atoms with van der Waals surface area (Å²) in [4.78, 5) is 15.4. The number of carbonyl (C=O) groups is 1. The molecule has 16 heavy (non-hydrogen) atoms. The molecule has 0 unspecified atom stereocenters. The molecule has 1 rings (SSSR count). The number of rotatable bonds is 5. The summed E-state index contributed by atoms with van der Waals surface area (Å²) in [5.41, 5.74) is 5.97. The molecule has 6 nitrogen and oxygen atoms in total. The van der Waals surface area contributed by atoms with Crippen LogP contribution in [-0.2, 0) is 16.0 Å². The van der Waals surface area contributed by atoms with Gasteiger partial charge in [-0.1, -0.05) is 0 Å². The van der Waals surface area contributed by atoms with Gasteiger partial charge < -0.3 is 19.8 Å². The molecule has 0 aromatic carbocycles. The number of methoxy groups -OCH3 is 1. The van der Waals surface area contributed by atoms with Crippen LogP contribution in [-0.4, -0.2) is 35.8 Å². The van der Waals surface area contributed by atoms with E-state index in [4.69, 9.17) is 10.5 Å². The summed E-state index contributed by atoms with van der Waals surface area (Å²) in [6, 6.07) is 0. The first-order chi connectivity index (χ1) is 7.61. The lowest BCUT2D eigenvalue weighted by atomic mass is 10.4. The molecule has 1 aromatic rings. The lowest BCUT2D eigenvalue weighted by Crippen LogP contribution is -2.12. The number of ether oxygens (including phenoxy) is 2. The standard InChI is InChI=1S/C10H17N3O3/c1-4-16-6-5-13-7(2)12-8(9(13)11)10(14)15-3/h4-6,11H2,1-3H3. The molecule has 1 aromatic heterocycles. The number of imidazole rings is 1. The van der Waals surface area contributed by atoms with Crippen molar-refractivity contribution in [1.82, 2.24) is 9.55 Å². The first-order valence-corrected chi connectivity index (χ1v) is 5.10. The van der Waals surface area contributed by atoms with E-state index >= 15 is 0 Å². The maximum atomic E-state index is 11.3. The van der Waals surface area contributed by atoms with E-state index in [1.807, 2.05) is 6.92 Å². The highest BCUT2D eigenvalue weighted by molar-refractivity contribution is 5.92. The molecular weight excluding hydrogens is 210 g/mol. The van der Waals surface area contributed by atoms with E-state index < -0.39 is 5.97 Å². The minimum atomic E-state index is -0.518. The van der Waals surface area contributed by atoms with Crippen LogP contribution in [0.1, 0.15) is 23.2 Å². The van der Waals surface area contributed by atoms with Crippen LogP contribution in [0.25, 0.3) is 0 Å². The maximum Gasteiger partial charge on any atom is 0.360 e. The molecular formula is C10H17N3O3. The summed E-state index contributed by atoms with van der Waals surface area (Å²) in [5.74, 6) is 0.484. The molecule has 0 atom stereocenters. The Balaban J connectivity index is 2.85. The molecule has 90 valence electrons. The number of carbonyl (C=O) groups excluding carboxylic acids is 1. The normalized spacial score (nSPS) is 10.4. The third kappa shape index (κ3) is 2.52. The van der Waals surface area contributed by atoms with Crippen molar-refractivity contribution >= 4 is 11.8 Å². The maximum absolute atomic E-state index is 11.3. The highest BCUT2D eigenvalue weighted by atomic mass is 16.5. The van der Waals surface area contributed by atoms with Gasteiger partial charge in [-0.05, 0) is 13.8 Å². The number of hydrogen-bond acceptors (Lipinski definition) is 5. The van der Waals surface area contributed by atoms with Crippen molar-refractivity contribution < 1.29 is 14.3 Å². The Bertz CT molecular complexity index is 374. The number of hydrogen-bond donors (Lipinski definition) is 1. The largest absolute Gasteiger partial charge is 0.464 e. The predicted molar refractivity (Wildman–Crippen MR) is 59.2 cm³/mol. The van der Waals surface area contributed by atoms with Gasteiger partial charge in [-0.15, -0.1) is 0 Å². The quantitative estimate of drug-likeness (QED) is 0.588. The van der Waals surface area contributed by atoms with Gasteiger partial charge in [0, 0.05) is 13.2 Å². The predicted octanol–water partition coefficient (Wildman–Crippen LogP) is 0.597. The van der Waals surface area contributed by atoms with Crippen molar-refractivity contribution in [3.05, 3.63) is 11.5 Å². The third-order valence-electron chi connectivity index (χ3n) is 2.24. The summed E-state index contributed by atoms with van der Waals surface area (Å²) >= 11 is 0. The van der Waals surface area contributed by atoms with Crippen LogP contribution >= 0.6 is 0 Å². The van der Waals surface area contributed by atoms with Crippen LogP contribution in [0.3, 0.4) is 0 Å². The minimum Gasteiger partial charge on any atom is -0.464 e. The van der Waals surface area contributed by atoms with Gasteiger partial charge in [0.25, 0.3) is 0 Å². The zero-order valence-electron chi connectivity index (χ0n) is 9.82. The molecule has 2 N–H and O–H groups in total. The topological polar surface area (TPSA) is 79.4 Å². The molecule has 0 aliphatic carbocycles. The van der Waals surface area contributed by atoms with Crippen molar-refractivity contribution in [3.63, 3.8) is 0 Å². The van der Waals surface area contributed by atoms with Gasteiger partial charge in [0.2, 0.25) is 0 Å². The molecule has 1 heterocycles. The molecule has 0 aliphatic rings. The number of nitrogens with zero attached hydrogens (tertiary/aromatic N) is 2. The Morgan fingerprint density at radius 1 is 1.56 bits per heavy atom. The number of esters is 1. The first-order valence-electron chi connectivity index (χ1n) is 5.10. The van der Waals surface area contributed by atoms with E-state index in [1.54, 1.807) is 11.5 Å². The van der Waals surface area contributed by atoms with Gasteiger partial charge in [-0.25, -0.2) is 9.78 Å². The van der Waals surface area contributed by atoms with E-state index in [2.05, 4.69) is 9.72 Å². The first kappa shape index (κ1) is 12.5. The van der Waals surface area contributed by atoms with Crippen LogP contribution in [0.15, 0.2) is 0 Å². The van der Waals surface area contributed by atoms with Crippen molar-refractivity contribution in [2.75, 3.05) is 26.1 Å². The van der Waals surface area contributed by atoms with Crippen molar-refractivity contribution in [2.24, 2.45) is 0 Å². The number of anilines is 1. The minimum absolute atomic E-state index is 0.163. The smallest absolute Gasteiger partial charge is 0.360 e. The van der Waals surface area contributed by atoms with Gasteiger partial charge in [0.05, 0.1) is 13.7 Å². The summed E-state index contributed by atoms with van der Waals surface area (Å²) in [6.07, 6.45) is 0. The van der Waals surface area contributed by atoms with E-state index in [-0.39, 0.29) is 5.69 Å². The Morgan fingerprint density at radius 2 is 2.25 bits per heavy atom. The SMILES string of the molecule is CCOCCn1c(C)nc(C(=O)OC)c1N. The van der Waals surface area contributed by atoms with Gasteiger partial charge >= 0.3 is 5.97 Å². The van der Waals surface area contributed by atoms with Crippen LogP contribution in [0.5, 0.6) is 0 Å². The lowest BCUT2D eigenvalue weighted by molar-refractivity contribution is 0.0595. The molecule has 0 aliphatic heterocycles. The highest BCUT2D eigenvalue weighted by Gasteiger charge is 2.18. The van der Waals surface area contributed by atoms with Crippen LogP contribution in [0, 0.1) is 6.92 Å². The van der Waals surface area contributed by atoms with Gasteiger partial charge in [0.15, 0.2) is 5.69 Å². The average molecular weight is 227 g/mol. The van der Waals surface area contributed by atoms with Crippen LogP contribution in [0.2, 0.25) is 0 Å². The Labute approximate surface area is 94.4 Å². The molecule has 0 amide bonds. The number of nitrogens with two attached hydrogens (primary N) is 1. The summed E-state index contributed by atoms with van der Waals surface area (Å²) < 4.78 is 11.5. The number of aromatic nitrogens is 2. The average Bonchev–Trinajstić information content (AvgIpc) is 2.56. The fourth-order valence-corrected chi connectivity index (χ4v) is 1.41. The summed E-state index contributed by atoms with van der Waals surface area (Å²) in [5, 5.41) is 0. The monoisotopic (exact) mass is 227 g/mol. The highest BCUT2D eigenvalue weighted by Crippen LogP contribution is 2.14. The molecule has 0 bridgehead atoms. The molecule has 0 saturated heterocycles. The fraction of sp³-hybridized carbons (Fsp3) is 0.600. The lowest BCUT2D eigenvalue weighted by Gasteiger charge is -2.07. The molecule has 0 spiro atoms. The van der Waals surface area contributed by atoms with E-state index in [0.29, 0.717) is 31.4 Å². The summed E-state index contributed by atoms with van der Waals surface area (Å²) in [7, 11) is 1.30. The molecule has 0 saturated carbocycles. The zero-order chi connectivity index (χ0) is 12.1. The van der Waals surface area contributed by atoms with Crippen LogP contribution in [0.4, 0.5) is 5.82 Å². The van der Waals surface area contributed by atoms with E-state index in [1.165, 1.54) is 7.11 Å². The Morgan fingerprint density at radius 3 is 2.81 bits per heavy atom. The summed E-state index contributed by atoms with van der Waals surface area (Å²) in [6.45, 7) is 5.48. The number of aryl methyl sites for hydroxylation is 1. The van der Waals surface area contributed by atoms with E-state index in [9.17, 15) is 4.79 Å². The Hall–Kier alpha value is -1.56. The second-order valence-electron chi connectivity index (χ2n) is 3.23. The number of nitrogen functional groups attached to an aromatic ring is 1. The van der Waals surface area contributed by atoms with Gasteiger partial charge in [-0.2, -0.15) is 0 Å². The van der Waals surface area contributed by atoms with E-state index in [0.717, 1.165) is 0 Å². The molecule has 0 radical (unpaired) electrons. The van der Waals surface area contributed by atoms with Crippen molar-refractivity contribution in [3.8, 4) is 0 Å². The fourth-order valence-electron chi connectivity index (χ4n) is 1.41. The second-order valence-corrected chi connectivity index (χ2v) is 3.23. The Kier molecular flexibility index (Phi) is 4.30. The zero-order valence-corrected chi connectivity index (χ0v) is 9.82. The third-order valence-corrected chi connectivity index (χ3v) is 2.24. The molecule has 0 fully saturated rings. The van der Waals surface area contributed by atoms with Crippen molar-refractivity contribution in [2.45, 2.75) is 20.4 Å². The second kappa shape index (κ2) is 5.50. The van der Waals surface area contributed by atoms with Crippen LogP contribution < -0.4 is 5.73 Å². The van der Waals surface area contributed by atoms with Gasteiger partial charge in [-0.3, -0.25) is 0 Å². The molecule has 6 heteroatoms. The van der Waals surface area contributed by atoms with Gasteiger partial charge in [0.1, 0.15) is 11.6 Å².